The van der Waals surface area contributed by atoms with Crippen LogP contribution in [0.2, 0.25) is 0 Å². The lowest BCUT2D eigenvalue weighted by atomic mass is 10.4. The Morgan fingerprint density at radius 2 is 0.500 bits per heavy atom. The second kappa shape index (κ2) is 29.8. The molecular weight excluding hydrogens is 252 g/mol. The van der Waals surface area contributed by atoms with E-state index in [-0.39, 0.29) is 14.9 Å². The van der Waals surface area contributed by atoms with Crippen LogP contribution in [-0.4, -0.2) is 12.2 Å². The third kappa shape index (κ3) is 36.2. The molecule has 4 heteroatoms. The molecule has 0 aliphatic rings. The molecule has 4 nitrogen and oxygen atoms in total. The first-order valence-electron chi connectivity index (χ1n) is 4.86. The maximum atomic E-state index is 8.24. The summed E-state index contributed by atoms with van der Waals surface area (Å²) in [4.78, 5) is 16.5. The van der Waals surface area contributed by atoms with E-state index in [1.807, 2.05) is 72.8 Å². The van der Waals surface area contributed by atoms with Crippen molar-refractivity contribution in [3.05, 3.63) is 83.6 Å². The zero-order valence-electron chi connectivity index (χ0n) is 9.64. The Hall–Kier alpha value is -2.80. The quantitative estimate of drug-likeness (QED) is 0.525. The van der Waals surface area contributed by atoms with E-state index in [4.69, 9.17) is 20.4 Å². The van der Waals surface area contributed by atoms with Crippen LogP contribution < -0.4 is 0 Å². The normalized spacial score (nSPS) is 5.60. The zero-order chi connectivity index (χ0) is 13.9. The van der Waals surface area contributed by atoms with Crippen LogP contribution in [0.4, 0.5) is 0 Å². The summed E-state index contributed by atoms with van der Waals surface area (Å²) in [5.74, 6) is 0. The van der Waals surface area contributed by atoms with E-state index in [1.165, 1.54) is 0 Å². The van der Waals surface area contributed by atoms with E-state index in [9.17, 15) is 0 Å². The van der Waals surface area contributed by atoms with Gasteiger partial charge < -0.3 is 10.8 Å². The van der Waals surface area contributed by atoms with Gasteiger partial charge in [-0.05, 0) is 12.2 Å². The van der Waals surface area contributed by atoms with Crippen molar-refractivity contribution >= 4 is 12.2 Å². The van der Waals surface area contributed by atoms with Crippen LogP contribution in [0.1, 0.15) is 14.9 Å². The summed E-state index contributed by atoms with van der Waals surface area (Å²) in [6, 6.07) is 24.0. The topological polar surface area (TPSA) is 78.7 Å². The Bertz CT molecular complexity index is 322. The van der Waals surface area contributed by atoms with Gasteiger partial charge in [-0.15, -0.1) is 0 Å². The van der Waals surface area contributed by atoms with Crippen molar-refractivity contribution in [2.24, 2.45) is 0 Å². The third-order valence-electron chi connectivity index (χ3n) is 1.33. The minimum absolute atomic E-state index is 0. The van der Waals surface area contributed by atoms with Gasteiger partial charge in [-0.1, -0.05) is 87.6 Å². The van der Waals surface area contributed by atoms with Crippen molar-refractivity contribution < 1.29 is 9.59 Å². The summed E-state index contributed by atoms with van der Waals surface area (Å²) < 4.78 is 0. The molecule has 2 aromatic rings. The fourth-order valence-corrected chi connectivity index (χ4v) is 0.770. The molecule has 0 aliphatic heterocycles. The molecule has 0 heterocycles. The monoisotopic (exact) mass is 272 g/mol. The van der Waals surface area contributed by atoms with E-state index >= 15 is 0 Å². The molecule has 0 spiro atoms. The standard InChI is InChI=1S/2C6H6.2CNO.2CH4/c2*1-2-4-6-5-3-1;2*2-1-3;;/h2*1-6H;;;2*1H4/q;;2*-1;;. The average Bonchev–Trinajstić information content (AvgIpc) is 2.45. The van der Waals surface area contributed by atoms with E-state index in [0.29, 0.717) is 12.2 Å². The van der Waals surface area contributed by atoms with Crippen molar-refractivity contribution in [2.75, 3.05) is 0 Å². The van der Waals surface area contributed by atoms with Crippen LogP contribution >= 0.6 is 0 Å². The van der Waals surface area contributed by atoms with Crippen molar-refractivity contribution in [1.29, 1.82) is 0 Å². The van der Waals surface area contributed by atoms with Crippen LogP contribution in [0, 0.1) is 0 Å². The van der Waals surface area contributed by atoms with Crippen LogP contribution in [0.3, 0.4) is 0 Å². The number of rotatable bonds is 0. The van der Waals surface area contributed by atoms with Gasteiger partial charge in [0, 0.05) is 0 Å². The van der Waals surface area contributed by atoms with Crippen LogP contribution in [0.15, 0.2) is 72.8 Å². The van der Waals surface area contributed by atoms with E-state index in [1.54, 1.807) is 0 Å². The van der Waals surface area contributed by atoms with E-state index in [0.717, 1.165) is 0 Å². The summed E-state index contributed by atoms with van der Waals surface area (Å²) in [6.45, 7) is 0. The van der Waals surface area contributed by atoms with Gasteiger partial charge in [0.2, 0.25) is 0 Å². The van der Waals surface area contributed by atoms with Crippen molar-refractivity contribution in [1.82, 2.24) is 0 Å². The molecule has 2 rings (SSSR count). The first-order chi connectivity index (χ1) is 8.83. The smallest absolute Gasteiger partial charge is 0.0159 e. The van der Waals surface area contributed by atoms with Gasteiger partial charge in [0.05, 0.1) is 0 Å². The summed E-state index contributed by atoms with van der Waals surface area (Å²) in [7, 11) is 0. The second-order valence-corrected chi connectivity index (χ2v) is 2.49. The highest BCUT2D eigenvalue weighted by Crippen LogP contribution is 1.80. The maximum absolute atomic E-state index is 8.24. The fraction of sp³-hybridized carbons (Fsp3) is 0.125. The minimum atomic E-state index is 0. The predicted molar refractivity (Wildman–Crippen MR) is 84.5 cm³/mol. The molecule has 0 bridgehead atoms. The highest BCUT2D eigenvalue weighted by Gasteiger charge is 1.58. The highest BCUT2D eigenvalue weighted by atomic mass is 16.1. The Kier molecular flexibility index (Phi) is 38.6. The summed E-state index contributed by atoms with van der Waals surface area (Å²) in [5, 5.41) is 13.5. The van der Waals surface area contributed by atoms with Gasteiger partial charge in [-0.2, -0.15) is 0 Å². The molecule has 20 heavy (non-hydrogen) atoms. The lowest BCUT2D eigenvalue weighted by Gasteiger charge is -1.69. The Balaban J connectivity index is -0.0000000874. The molecule has 0 unspecified atom stereocenters. The number of nitrogens with zero attached hydrogens (tertiary/aromatic N) is 2. The first-order valence-corrected chi connectivity index (χ1v) is 4.86. The first kappa shape index (κ1) is 25.9. The average molecular weight is 272 g/mol. The zero-order valence-corrected chi connectivity index (χ0v) is 9.64. The molecule has 0 aromatic heterocycles. The largest absolute Gasteiger partial charge is 0.724 e. The van der Waals surface area contributed by atoms with E-state index < -0.39 is 0 Å². The van der Waals surface area contributed by atoms with Gasteiger partial charge in [0.1, 0.15) is 0 Å². The Morgan fingerprint density at radius 1 is 0.450 bits per heavy atom. The van der Waals surface area contributed by atoms with Gasteiger partial charge in [0.25, 0.3) is 0 Å². The lowest BCUT2D eigenvalue weighted by Crippen LogP contribution is -1.47. The van der Waals surface area contributed by atoms with Crippen LogP contribution in [-0.2, 0) is 9.59 Å². The predicted octanol–water partition coefficient (Wildman–Crippen LogP) is 4.43. The number of benzene rings is 2. The Labute approximate surface area is 121 Å². The van der Waals surface area contributed by atoms with Crippen LogP contribution in [0.5, 0.6) is 0 Å². The summed E-state index contributed by atoms with van der Waals surface area (Å²) in [6.07, 6.45) is 1.00. The minimum Gasteiger partial charge on any atom is -0.724 e. The second-order valence-electron chi connectivity index (χ2n) is 2.49. The third-order valence-corrected chi connectivity index (χ3v) is 1.33. The molecule has 108 valence electrons. The molecule has 0 radical (unpaired) electrons. The molecule has 0 saturated heterocycles. The molecule has 0 amide bonds. The van der Waals surface area contributed by atoms with Crippen molar-refractivity contribution in [2.45, 2.75) is 14.9 Å². The van der Waals surface area contributed by atoms with Crippen molar-refractivity contribution in [3.63, 3.8) is 0 Å². The van der Waals surface area contributed by atoms with Gasteiger partial charge in [-0.3, -0.25) is 9.59 Å². The summed E-state index contributed by atoms with van der Waals surface area (Å²) in [5.41, 5.74) is 0. The number of carbonyl (C=O) groups excluding carboxylic acids is 2. The SMILES string of the molecule is C.C.[N-]=C=O.[N-]=C=O.c1ccccc1.c1ccccc1. The van der Waals surface area contributed by atoms with Gasteiger partial charge >= 0.3 is 0 Å². The van der Waals surface area contributed by atoms with Gasteiger partial charge in [0.15, 0.2) is 0 Å². The lowest BCUT2D eigenvalue weighted by molar-refractivity contribution is 0.568. The highest BCUT2D eigenvalue weighted by molar-refractivity contribution is 5.37. The molecular formula is C16H20N2O2-2. The maximum Gasteiger partial charge on any atom is -0.0159 e. The molecule has 0 aliphatic carbocycles. The number of isocyanates is 2. The summed E-state index contributed by atoms with van der Waals surface area (Å²) >= 11 is 0. The number of hydrogen-bond acceptors (Lipinski definition) is 2. The fourth-order valence-electron chi connectivity index (χ4n) is 0.770. The van der Waals surface area contributed by atoms with E-state index in [2.05, 4.69) is 0 Å². The molecule has 0 saturated carbocycles. The molecule has 0 fully saturated rings. The molecule has 0 atom stereocenters. The van der Waals surface area contributed by atoms with Crippen LogP contribution in [0.25, 0.3) is 10.8 Å². The van der Waals surface area contributed by atoms with Crippen molar-refractivity contribution in [3.8, 4) is 0 Å². The number of hydrogen-bond donors (Lipinski definition) is 0. The Morgan fingerprint density at radius 3 is 0.550 bits per heavy atom. The van der Waals surface area contributed by atoms with Gasteiger partial charge in [-0.25, -0.2) is 0 Å². The molecule has 0 N–H and O–H groups in total. The molecule has 2 aromatic carbocycles.